The highest BCUT2D eigenvalue weighted by molar-refractivity contribution is 6.31. The summed E-state index contributed by atoms with van der Waals surface area (Å²) in [4.78, 5) is 15.8. The van der Waals surface area contributed by atoms with Crippen molar-refractivity contribution >= 4 is 17.5 Å². The summed E-state index contributed by atoms with van der Waals surface area (Å²) in [7, 11) is 0. The van der Waals surface area contributed by atoms with Gasteiger partial charge < -0.3 is 9.80 Å². The maximum Gasteiger partial charge on any atom is 0.254 e. The Labute approximate surface area is 146 Å². The first kappa shape index (κ1) is 16.5. The molecule has 3 rings (SSSR count). The third-order valence-electron chi connectivity index (χ3n) is 4.40. The Morgan fingerprint density at radius 3 is 2.50 bits per heavy atom. The van der Waals surface area contributed by atoms with Gasteiger partial charge in [0.05, 0.1) is 42.8 Å². The summed E-state index contributed by atoms with van der Waals surface area (Å²) >= 11 is 6.26. The molecule has 2 aromatic carbocycles. The molecule has 4 nitrogen and oxygen atoms in total. The molecule has 1 saturated heterocycles. The number of carbonyl (C=O) groups excluding carboxylic acids is 1. The van der Waals surface area contributed by atoms with Crippen molar-refractivity contribution < 1.29 is 9.69 Å². The lowest BCUT2D eigenvalue weighted by Crippen LogP contribution is -3.13. The zero-order valence-corrected chi connectivity index (χ0v) is 14.1. The number of quaternary nitrogens is 1. The molecule has 0 bridgehead atoms. The van der Waals surface area contributed by atoms with Crippen molar-refractivity contribution in [3.8, 4) is 6.07 Å². The van der Waals surface area contributed by atoms with E-state index in [2.05, 4.69) is 6.07 Å². The number of piperazine rings is 1. The third kappa shape index (κ3) is 3.76. The largest absolute Gasteiger partial charge is 0.328 e. The second-order valence-electron chi connectivity index (χ2n) is 6.00. The lowest BCUT2D eigenvalue weighted by Gasteiger charge is -2.32. The van der Waals surface area contributed by atoms with E-state index < -0.39 is 0 Å². The van der Waals surface area contributed by atoms with Gasteiger partial charge in [0, 0.05) is 11.1 Å². The number of carbonyl (C=O) groups is 1. The Balaban J connectivity index is 1.58. The molecule has 1 aliphatic heterocycles. The second kappa shape index (κ2) is 7.48. The summed E-state index contributed by atoms with van der Waals surface area (Å²) < 4.78 is 0. The topological polar surface area (TPSA) is 48.5 Å². The van der Waals surface area contributed by atoms with Gasteiger partial charge in [0.2, 0.25) is 0 Å². The molecule has 1 aliphatic rings. The van der Waals surface area contributed by atoms with Gasteiger partial charge in [-0.1, -0.05) is 35.9 Å². The van der Waals surface area contributed by atoms with Crippen LogP contribution in [-0.2, 0) is 6.54 Å². The molecule has 0 unspecified atom stereocenters. The molecule has 0 aliphatic carbocycles. The fraction of sp³-hybridized carbons (Fsp3) is 0.263. The minimum absolute atomic E-state index is 0.103. The van der Waals surface area contributed by atoms with Crippen LogP contribution in [0.2, 0.25) is 5.02 Å². The van der Waals surface area contributed by atoms with Gasteiger partial charge in [0.15, 0.2) is 0 Å². The number of halogens is 1. The number of benzene rings is 2. The number of hydrogen-bond acceptors (Lipinski definition) is 2. The standard InChI is InChI=1S/C19H18ClN3O/c20-18-12-15(13-21)6-7-17(18)14-22-8-10-23(11-9-22)19(24)16-4-2-1-3-5-16/h1-7,12H,8-11,14H2/p+1. The van der Waals surface area contributed by atoms with Crippen LogP contribution in [0.3, 0.4) is 0 Å². The molecule has 1 heterocycles. The zero-order valence-electron chi connectivity index (χ0n) is 13.3. The number of amides is 1. The van der Waals surface area contributed by atoms with Gasteiger partial charge >= 0.3 is 0 Å². The average molecular weight is 341 g/mol. The van der Waals surface area contributed by atoms with Crippen LogP contribution in [0, 0.1) is 11.3 Å². The van der Waals surface area contributed by atoms with Crippen molar-refractivity contribution in [2.75, 3.05) is 26.2 Å². The Hall–Kier alpha value is -2.35. The molecule has 0 spiro atoms. The molecule has 5 heteroatoms. The van der Waals surface area contributed by atoms with Crippen LogP contribution < -0.4 is 4.90 Å². The van der Waals surface area contributed by atoms with Crippen LogP contribution in [0.5, 0.6) is 0 Å². The SMILES string of the molecule is N#Cc1ccc(C[NH+]2CCN(C(=O)c3ccccc3)CC2)c(Cl)c1. The van der Waals surface area contributed by atoms with E-state index in [0.717, 1.165) is 43.9 Å². The predicted octanol–water partition coefficient (Wildman–Crippen LogP) is 1.75. The maximum absolute atomic E-state index is 12.5. The summed E-state index contributed by atoms with van der Waals surface area (Å²) in [6.45, 7) is 4.11. The number of rotatable bonds is 3. The van der Waals surface area contributed by atoms with Crippen molar-refractivity contribution in [3.05, 3.63) is 70.2 Å². The molecule has 1 N–H and O–H groups in total. The van der Waals surface area contributed by atoms with E-state index in [1.807, 2.05) is 41.3 Å². The van der Waals surface area contributed by atoms with Crippen LogP contribution in [0.1, 0.15) is 21.5 Å². The van der Waals surface area contributed by atoms with E-state index >= 15 is 0 Å². The molecule has 1 amide bonds. The van der Waals surface area contributed by atoms with Crippen molar-refractivity contribution in [3.63, 3.8) is 0 Å². The van der Waals surface area contributed by atoms with Gasteiger partial charge in [-0.3, -0.25) is 4.79 Å². The normalized spacial score (nSPS) is 15.1. The van der Waals surface area contributed by atoms with Crippen molar-refractivity contribution in [1.29, 1.82) is 5.26 Å². The first-order chi connectivity index (χ1) is 11.7. The second-order valence-corrected chi connectivity index (χ2v) is 6.41. The fourth-order valence-corrected chi connectivity index (χ4v) is 3.24. The molecule has 1 fully saturated rings. The lowest BCUT2D eigenvalue weighted by molar-refractivity contribution is -0.917. The molecular formula is C19H19ClN3O+. The van der Waals surface area contributed by atoms with Gasteiger partial charge in [-0.2, -0.15) is 5.26 Å². The summed E-state index contributed by atoms with van der Waals surface area (Å²) in [6.07, 6.45) is 0. The van der Waals surface area contributed by atoms with Crippen LogP contribution in [0.25, 0.3) is 0 Å². The number of nitriles is 1. The van der Waals surface area contributed by atoms with E-state index in [1.54, 1.807) is 12.1 Å². The van der Waals surface area contributed by atoms with E-state index in [0.29, 0.717) is 10.6 Å². The first-order valence-corrected chi connectivity index (χ1v) is 8.41. The van der Waals surface area contributed by atoms with Crippen LogP contribution in [-0.4, -0.2) is 37.0 Å². The van der Waals surface area contributed by atoms with Crippen molar-refractivity contribution in [2.45, 2.75) is 6.54 Å². The maximum atomic E-state index is 12.5. The molecule has 0 aromatic heterocycles. The van der Waals surface area contributed by atoms with E-state index in [1.165, 1.54) is 4.90 Å². The molecule has 0 radical (unpaired) electrons. The zero-order chi connectivity index (χ0) is 16.9. The highest BCUT2D eigenvalue weighted by atomic mass is 35.5. The van der Waals surface area contributed by atoms with Gasteiger partial charge in [0.25, 0.3) is 5.91 Å². The number of hydrogen-bond donors (Lipinski definition) is 1. The van der Waals surface area contributed by atoms with E-state index in [-0.39, 0.29) is 5.91 Å². The predicted molar refractivity (Wildman–Crippen MR) is 92.9 cm³/mol. The summed E-state index contributed by atoms with van der Waals surface area (Å²) in [5.74, 6) is 0.103. The quantitative estimate of drug-likeness (QED) is 0.925. The Morgan fingerprint density at radius 2 is 1.88 bits per heavy atom. The minimum Gasteiger partial charge on any atom is -0.328 e. The molecule has 0 saturated carbocycles. The number of nitrogens with one attached hydrogen (secondary N) is 1. The first-order valence-electron chi connectivity index (χ1n) is 8.04. The van der Waals surface area contributed by atoms with Gasteiger partial charge in [-0.25, -0.2) is 0 Å². The number of nitrogens with zero attached hydrogens (tertiary/aromatic N) is 2. The Kier molecular flexibility index (Phi) is 5.14. The monoisotopic (exact) mass is 340 g/mol. The average Bonchev–Trinajstić information content (AvgIpc) is 2.64. The molecular weight excluding hydrogens is 322 g/mol. The van der Waals surface area contributed by atoms with Crippen molar-refractivity contribution in [1.82, 2.24) is 4.90 Å². The summed E-state index contributed by atoms with van der Waals surface area (Å²) in [5.41, 5.74) is 2.38. The Bertz CT molecular complexity index is 762. The van der Waals surface area contributed by atoms with Gasteiger partial charge in [-0.15, -0.1) is 0 Å². The Morgan fingerprint density at radius 1 is 1.17 bits per heavy atom. The van der Waals surface area contributed by atoms with E-state index in [9.17, 15) is 4.79 Å². The van der Waals surface area contributed by atoms with Crippen molar-refractivity contribution in [2.24, 2.45) is 0 Å². The molecule has 122 valence electrons. The third-order valence-corrected chi connectivity index (χ3v) is 4.75. The van der Waals surface area contributed by atoms with Crippen LogP contribution >= 0.6 is 11.6 Å². The molecule has 2 aromatic rings. The summed E-state index contributed by atoms with van der Waals surface area (Å²) in [5, 5.41) is 9.54. The lowest BCUT2D eigenvalue weighted by atomic mass is 10.1. The highest BCUT2D eigenvalue weighted by Crippen LogP contribution is 2.16. The van der Waals surface area contributed by atoms with Crippen LogP contribution in [0.4, 0.5) is 0 Å². The smallest absolute Gasteiger partial charge is 0.254 e. The summed E-state index contributed by atoms with van der Waals surface area (Å²) in [6, 6.07) is 17.0. The molecule has 24 heavy (non-hydrogen) atoms. The van der Waals surface area contributed by atoms with E-state index in [4.69, 9.17) is 16.9 Å². The minimum atomic E-state index is 0.103. The molecule has 0 atom stereocenters. The van der Waals surface area contributed by atoms with Gasteiger partial charge in [0.1, 0.15) is 6.54 Å². The highest BCUT2D eigenvalue weighted by Gasteiger charge is 2.24. The van der Waals surface area contributed by atoms with Crippen LogP contribution in [0.15, 0.2) is 48.5 Å². The fourth-order valence-electron chi connectivity index (χ4n) is 3.00. The van der Waals surface area contributed by atoms with Gasteiger partial charge in [-0.05, 0) is 24.3 Å².